The van der Waals surface area contributed by atoms with E-state index in [-0.39, 0.29) is 5.56 Å². The van der Waals surface area contributed by atoms with Crippen molar-refractivity contribution in [2.75, 3.05) is 0 Å². The molecule has 1 aromatic carbocycles. The molecule has 0 atom stereocenters. The molecule has 5 aromatic rings. The van der Waals surface area contributed by atoms with Gasteiger partial charge in [-0.25, -0.2) is 0 Å². The van der Waals surface area contributed by atoms with E-state index >= 15 is 0 Å². The molecule has 4 heterocycles. The first kappa shape index (κ1) is 15.2. The Labute approximate surface area is 152 Å². The number of H-pyrrole nitrogens is 1. The van der Waals surface area contributed by atoms with Crippen LogP contribution in [0.3, 0.4) is 0 Å². The molecule has 27 heavy (non-hydrogen) atoms. The Morgan fingerprint density at radius 1 is 1.04 bits per heavy atom. The lowest BCUT2D eigenvalue weighted by molar-refractivity contribution is 0.568. The first-order chi connectivity index (χ1) is 13.3. The van der Waals surface area contributed by atoms with Crippen molar-refractivity contribution >= 4 is 5.65 Å². The Hall–Kier alpha value is -4.07. The van der Waals surface area contributed by atoms with Gasteiger partial charge in [-0.3, -0.25) is 9.78 Å². The predicted molar refractivity (Wildman–Crippen MR) is 97.8 cm³/mol. The Bertz CT molecular complexity index is 1270. The maximum atomic E-state index is 12.5. The summed E-state index contributed by atoms with van der Waals surface area (Å²) < 4.78 is 6.53. The average molecular weight is 356 g/mol. The standard InChI is InChI=1S/C19H12N6O2/c26-17-9-16(12-4-6-13(7-5-12)19-24-21-11-27-19)23-18-14(10-22-25(17)18)15-3-1-2-8-20-15/h1-11,23H. The van der Waals surface area contributed by atoms with Crippen LogP contribution in [0.5, 0.6) is 0 Å². The highest BCUT2D eigenvalue weighted by atomic mass is 16.4. The van der Waals surface area contributed by atoms with E-state index in [4.69, 9.17) is 4.42 Å². The van der Waals surface area contributed by atoms with E-state index in [2.05, 4.69) is 25.3 Å². The van der Waals surface area contributed by atoms with Gasteiger partial charge in [-0.1, -0.05) is 18.2 Å². The number of benzene rings is 1. The van der Waals surface area contributed by atoms with E-state index in [9.17, 15) is 4.79 Å². The van der Waals surface area contributed by atoms with Gasteiger partial charge in [-0.2, -0.15) is 9.61 Å². The van der Waals surface area contributed by atoms with Gasteiger partial charge in [0.05, 0.1) is 23.1 Å². The number of hydrogen-bond acceptors (Lipinski definition) is 6. The van der Waals surface area contributed by atoms with Crippen LogP contribution in [-0.2, 0) is 0 Å². The minimum absolute atomic E-state index is 0.220. The van der Waals surface area contributed by atoms with Crippen molar-refractivity contribution in [1.82, 2.24) is 29.8 Å². The third kappa shape index (κ3) is 2.60. The van der Waals surface area contributed by atoms with E-state index in [1.54, 1.807) is 12.4 Å². The van der Waals surface area contributed by atoms with Crippen molar-refractivity contribution in [2.24, 2.45) is 0 Å². The van der Waals surface area contributed by atoms with Crippen molar-refractivity contribution in [3.05, 3.63) is 77.7 Å². The highest BCUT2D eigenvalue weighted by Gasteiger charge is 2.12. The second-order valence-corrected chi connectivity index (χ2v) is 5.88. The fraction of sp³-hybridized carbons (Fsp3) is 0. The Morgan fingerprint density at radius 2 is 1.89 bits per heavy atom. The van der Waals surface area contributed by atoms with Gasteiger partial charge in [-0.05, 0) is 29.8 Å². The lowest BCUT2D eigenvalue weighted by Crippen LogP contribution is -2.14. The molecular weight excluding hydrogens is 344 g/mol. The number of rotatable bonds is 3. The maximum absolute atomic E-state index is 12.5. The summed E-state index contributed by atoms with van der Waals surface area (Å²) in [7, 11) is 0. The highest BCUT2D eigenvalue weighted by Crippen LogP contribution is 2.25. The molecule has 1 N–H and O–H groups in total. The zero-order valence-corrected chi connectivity index (χ0v) is 13.9. The lowest BCUT2D eigenvalue weighted by Gasteiger charge is -2.05. The summed E-state index contributed by atoms with van der Waals surface area (Å²) in [5.74, 6) is 0.443. The summed E-state index contributed by atoms with van der Waals surface area (Å²) in [4.78, 5) is 20.1. The lowest BCUT2D eigenvalue weighted by atomic mass is 10.1. The molecule has 0 unspecified atom stereocenters. The fourth-order valence-electron chi connectivity index (χ4n) is 2.94. The van der Waals surface area contributed by atoms with Crippen molar-refractivity contribution in [3.63, 3.8) is 0 Å². The minimum Gasteiger partial charge on any atom is -0.423 e. The summed E-state index contributed by atoms with van der Waals surface area (Å²) in [5.41, 5.74) is 4.22. The Kier molecular flexibility index (Phi) is 3.39. The molecule has 4 aromatic heterocycles. The average Bonchev–Trinajstić information content (AvgIpc) is 3.39. The van der Waals surface area contributed by atoms with E-state index in [0.717, 1.165) is 22.4 Å². The minimum atomic E-state index is -0.220. The number of nitrogens with zero attached hydrogens (tertiary/aromatic N) is 5. The van der Waals surface area contributed by atoms with Crippen LogP contribution in [0.25, 0.3) is 39.6 Å². The van der Waals surface area contributed by atoms with Gasteiger partial charge in [0, 0.05) is 17.8 Å². The molecule has 8 nitrogen and oxygen atoms in total. The van der Waals surface area contributed by atoms with Gasteiger partial charge in [0.15, 0.2) is 0 Å². The molecule has 0 saturated heterocycles. The summed E-state index contributed by atoms with van der Waals surface area (Å²) in [6.45, 7) is 0. The van der Waals surface area contributed by atoms with Crippen molar-refractivity contribution in [3.8, 4) is 34.0 Å². The Morgan fingerprint density at radius 3 is 2.63 bits per heavy atom. The molecule has 0 saturated carbocycles. The van der Waals surface area contributed by atoms with Crippen molar-refractivity contribution < 1.29 is 4.42 Å². The second-order valence-electron chi connectivity index (χ2n) is 5.88. The molecule has 0 aliphatic heterocycles. The summed E-state index contributed by atoms with van der Waals surface area (Å²) in [6.07, 6.45) is 4.63. The first-order valence-electron chi connectivity index (χ1n) is 8.19. The maximum Gasteiger partial charge on any atom is 0.274 e. The topological polar surface area (TPSA) is 102 Å². The summed E-state index contributed by atoms with van der Waals surface area (Å²) in [5, 5.41) is 11.7. The van der Waals surface area contributed by atoms with E-state index in [1.165, 1.54) is 17.0 Å². The molecule has 0 spiro atoms. The van der Waals surface area contributed by atoms with Crippen LogP contribution < -0.4 is 5.56 Å². The van der Waals surface area contributed by atoms with Crippen molar-refractivity contribution in [1.29, 1.82) is 0 Å². The van der Waals surface area contributed by atoms with Crippen LogP contribution in [0.2, 0.25) is 0 Å². The zero-order chi connectivity index (χ0) is 18.2. The number of nitrogens with one attached hydrogen (secondary N) is 1. The van der Waals surface area contributed by atoms with Crippen LogP contribution in [0.4, 0.5) is 0 Å². The summed E-state index contributed by atoms with van der Waals surface area (Å²) in [6, 6.07) is 14.6. The number of aromatic nitrogens is 6. The smallest absolute Gasteiger partial charge is 0.274 e. The van der Waals surface area contributed by atoms with Crippen LogP contribution in [0.1, 0.15) is 0 Å². The quantitative estimate of drug-likeness (QED) is 0.533. The zero-order valence-electron chi connectivity index (χ0n) is 13.9. The van der Waals surface area contributed by atoms with Gasteiger partial charge in [0.2, 0.25) is 12.3 Å². The number of hydrogen-bond donors (Lipinski definition) is 1. The SMILES string of the molecule is O=c1cc(-c2ccc(-c3nnco3)cc2)[nH]c2c(-c3ccccn3)cnn12. The largest absolute Gasteiger partial charge is 0.423 e. The van der Waals surface area contributed by atoms with Crippen molar-refractivity contribution in [2.45, 2.75) is 0 Å². The van der Waals surface area contributed by atoms with E-state index in [0.29, 0.717) is 17.2 Å². The van der Waals surface area contributed by atoms with Gasteiger partial charge in [0.1, 0.15) is 5.65 Å². The molecule has 0 aliphatic carbocycles. The van der Waals surface area contributed by atoms with Crippen LogP contribution in [0.15, 0.2) is 76.5 Å². The molecule has 0 amide bonds. The normalized spacial score (nSPS) is 11.1. The molecular formula is C19H12N6O2. The van der Waals surface area contributed by atoms with E-state index in [1.807, 2.05) is 42.5 Å². The first-order valence-corrected chi connectivity index (χ1v) is 8.19. The molecule has 0 aliphatic rings. The number of aromatic amines is 1. The van der Waals surface area contributed by atoms with Crippen LogP contribution in [0, 0.1) is 0 Å². The van der Waals surface area contributed by atoms with Gasteiger partial charge < -0.3 is 9.40 Å². The third-order valence-corrected chi connectivity index (χ3v) is 4.24. The molecule has 0 fully saturated rings. The fourth-order valence-corrected chi connectivity index (χ4v) is 2.94. The second kappa shape index (κ2) is 6.03. The van der Waals surface area contributed by atoms with Gasteiger partial charge >= 0.3 is 0 Å². The van der Waals surface area contributed by atoms with Gasteiger partial charge in [-0.15, -0.1) is 10.2 Å². The molecule has 8 heteroatoms. The van der Waals surface area contributed by atoms with Crippen LogP contribution in [-0.4, -0.2) is 29.8 Å². The molecule has 0 radical (unpaired) electrons. The van der Waals surface area contributed by atoms with E-state index < -0.39 is 0 Å². The third-order valence-electron chi connectivity index (χ3n) is 4.24. The number of pyridine rings is 1. The molecule has 130 valence electrons. The molecule has 0 bridgehead atoms. The van der Waals surface area contributed by atoms with Gasteiger partial charge in [0.25, 0.3) is 5.56 Å². The van der Waals surface area contributed by atoms with Crippen LogP contribution >= 0.6 is 0 Å². The summed E-state index contributed by atoms with van der Waals surface area (Å²) >= 11 is 0. The highest BCUT2D eigenvalue weighted by molar-refractivity contribution is 5.76. The predicted octanol–water partition coefficient (Wildman–Crippen LogP) is 2.80. The monoisotopic (exact) mass is 356 g/mol. The Balaban J connectivity index is 1.63. The number of fused-ring (bicyclic) bond motifs is 1. The molecule has 5 rings (SSSR count).